The van der Waals surface area contributed by atoms with Crippen LogP contribution < -0.4 is 9.47 Å². The molecule has 208 valence electrons. The molecule has 2 nitrogen and oxygen atoms in total. The van der Waals surface area contributed by atoms with Crippen LogP contribution in [0.1, 0.15) is 44.5 Å². The van der Waals surface area contributed by atoms with E-state index < -0.39 is 0 Å². The van der Waals surface area contributed by atoms with Gasteiger partial charge >= 0.3 is 0 Å². The molecular weight excluding hydrogens is 549 g/mol. The number of allylic oxidation sites excluding steroid dienone is 6. The standard InChI is InChI=1S/C38H35N2S2/c1-3-39-33-21-28-9-5-7-11-30(28)23-35(33)41-37(39)19-25-13-15-27-16-14-26(18-32(27)17-25)20-38-40(4-2)34-22-29-10-6-8-12-31(29)24-36(34)42-38/h5-12,17-24,27H,3-4,13-16H2,1-2H3/q+1. The van der Waals surface area contributed by atoms with Crippen LogP contribution in [0.5, 0.6) is 0 Å². The monoisotopic (exact) mass is 583 g/mol. The first-order valence-electron chi connectivity index (χ1n) is 15.3. The number of hydrogen-bond acceptors (Lipinski definition) is 3. The fraction of sp³-hybridized carbons (Fsp3) is 0.237. The lowest BCUT2D eigenvalue weighted by atomic mass is 9.77. The molecule has 4 aromatic carbocycles. The van der Waals surface area contributed by atoms with Crippen molar-refractivity contribution in [3.8, 4) is 0 Å². The maximum Gasteiger partial charge on any atom is 0.263 e. The zero-order chi connectivity index (χ0) is 28.2. The van der Waals surface area contributed by atoms with E-state index in [9.17, 15) is 0 Å². The Labute approximate surface area is 256 Å². The Balaban J connectivity index is 1.12. The Bertz CT molecular complexity index is 2000. The first-order valence-corrected chi connectivity index (χ1v) is 17.0. The maximum absolute atomic E-state index is 2.51. The number of anilines is 1. The van der Waals surface area contributed by atoms with E-state index >= 15 is 0 Å². The van der Waals surface area contributed by atoms with Gasteiger partial charge in [-0.2, -0.15) is 4.57 Å². The average Bonchev–Trinajstić information content (AvgIpc) is 3.53. The van der Waals surface area contributed by atoms with Gasteiger partial charge in [-0.05, 0) is 108 Å². The summed E-state index contributed by atoms with van der Waals surface area (Å²) in [6.07, 6.45) is 14.8. The number of thioether (sulfide) groups is 1. The smallest absolute Gasteiger partial charge is 0.263 e. The van der Waals surface area contributed by atoms with Gasteiger partial charge in [0.05, 0.1) is 10.7 Å². The molecule has 0 amide bonds. The minimum absolute atomic E-state index is 0.691. The zero-order valence-corrected chi connectivity index (χ0v) is 25.9. The van der Waals surface area contributed by atoms with Gasteiger partial charge in [0, 0.05) is 23.6 Å². The highest BCUT2D eigenvalue weighted by Gasteiger charge is 2.27. The van der Waals surface area contributed by atoms with Gasteiger partial charge in [0.2, 0.25) is 5.52 Å². The van der Waals surface area contributed by atoms with Crippen LogP contribution in [0.3, 0.4) is 0 Å². The van der Waals surface area contributed by atoms with Gasteiger partial charge < -0.3 is 4.90 Å². The van der Waals surface area contributed by atoms with Crippen molar-refractivity contribution in [2.24, 2.45) is 5.92 Å². The Morgan fingerprint density at radius 3 is 2.31 bits per heavy atom. The Morgan fingerprint density at radius 2 is 1.55 bits per heavy atom. The maximum atomic E-state index is 2.51. The molecule has 0 N–H and O–H groups in total. The predicted molar refractivity (Wildman–Crippen MR) is 182 cm³/mol. The number of thiazole rings is 1. The van der Waals surface area contributed by atoms with Gasteiger partial charge in [-0.3, -0.25) is 0 Å². The van der Waals surface area contributed by atoms with Gasteiger partial charge in [0.15, 0.2) is 0 Å². The third kappa shape index (κ3) is 4.53. The van der Waals surface area contributed by atoms with Crippen molar-refractivity contribution in [1.82, 2.24) is 0 Å². The summed E-state index contributed by atoms with van der Waals surface area (Å²) in [6, 6.07) is 26.9. The first kappa shape index (κ1) is 26.1. The van der Waals surface area contributed by atoms with Crippen LogP contribution >= 0.6 is 23.1 Å². The second-order valence-corrected chi connectivity index (χ2v) is 13.8. The van der Waals surface area contributed by atoms with E-state index in [0.717, 1.165) is 13.1 Å². The Kier molecular flexibility index (Phi) is 6.57. The third-order valence-electron chi connectivity index (χ3n) is 9.19. The summed E-state index contributed by atoms with van der Waals surface area (Å²) in [5.41, 5.74) is 7.16. The quantitative estimate of drug-likeness (QED) is 0.194. The van der Waals surface area contributed by atoms with Gasteiger partial charge in [0.1, 0.15) is 11.2 Å². The molecule has 0 saturated carbocycles. The third-order valence-corrected chi connectivity index (χ3v) is 11.4. The van der Waals surface area contributed by atoms with Crippen LogP contribution in [0.4, 0.5) is 5.69 Å². The number of hydrogen-bond donors (Lipinski definition) is 0. The van der Waals surface area contributed by atoms with E-state index in [-0.39, 0.29) is 0 Å². The molecule has 0 spiro atoms. The highest BCUT2D eigenvalue weighted by Crippen LogP contribution is 2.48. The number of fused-ring (bicyclic) bond motifs is 5. The highest BCUT2D eigenvalue weighted by molar-refractivity contribution is 8.03. The molecule has 0 saturated heterocycles. The number of aryl methyl sites for hydroxylation is 1. The fourth-order valence-electron chi connectivity index (χ4n) is 6.99. The lowest BCUT2D eigenvalue weighted by Gasteiger charge is -2.28. The molecule has 42 heavy (non-hydrogen) atoms. The largest absolute Gasteiger partial charge is 0.335 e. The predicted octanol–water partition coefficient (Wildman–Crippen LogP) is 10.4. The van der Waals surface area contributed by atoms with Crippen molar-refractivity contribution in [1.29, 1.82) is 0 Å². The lowest BCUT2D eigenvalue weighted by molar-refractivity contribution is -0.665. The topological polar surface area (TPSA) is 7.12 Å². The molecular formula is C38H35N2S2+. The summed E-state index contributed by atoms with van der Waals surface area (Å²) in [7, 11) is 0. The van der Waals surface area contributed by atoms with Gasteiger partial charge in [-0.15, -0.1) is 0 Å². The second kappa shape index (κ2) is 10.6. The molecule has 0 fully saturated rings. The molecule has 3 aliphatic rings. The minimum atomic E-state index is 0.691. The molecule has 1 unspecified atom stereocenters. The molecule has 2 heterocycles. The van der Waals surface area contributed by atoms with E-state index in [0.29, 0.717) is 5.92 Å². The molecule has 0 radical (unpaired) electrons. The molecule has 5 aromatic rings. The fourth-order valence-corrected chi connectivity index (χ4v) is 9.46. The molecule has 4 heteroatoms. The van der Waals surface area contributed by atoms with E-state index in [4.69, 9.17) is 0 Å². The van der Waals surface area contributed by atoms with Gasteiger partial charge in [-0.25, -0.2) is 0 Å². The first-order chi connectivity index (χ1) is 20.7. The molecule has 1 aromatic heterocycles. The summed E-state index contributed by atoms with van der Waals surface area (Å²) in [5, 5.41) is 8.01. The summed E-state index contributed by atoms with van der Waals surface area (Å²) in [5.74, 6) is 0.691. The lowest BCUT2D eigenvalue weighted by Crippen LogP contribution is -2.33. The van der Waals surface area contributed by atoms with Crippen LogP contribution in [0, 0.1) is 5.92 Å². The number of rotatable bonds is 4. The molecule has 1 atom stereocenters. The Hall–Kier alpha value is -3.60. The van der Waals surface area contributed by atoms with Crippen molar-refractivity contribution in [3.63, 3.8) is 0 Å². The summed E-state index contributed by atoms with van der Waals surface area (Å²) in [4.78, 5) is 3.87. The van der Waals surface area contributed by atoms with E-state index in [1.165, 1.54) is 94.8 Å². The van der Waals surface area contributed by atoms with Crippen molar-refractivity contribution >= 4 is 66.6 Å². The van der Waals surface area contributed by atoms with Crippen LogP contribution in [-0.2, 0) is 6.54 Å². The number of aromatic nitrogens is 1. The highest BCUT2D eigenvalue weighted by atomic mass is 32.2. The van der Waals surface area contributed by atoms with Crippen molar-refractivity contribution in [2.75, 3.05) is 11.4 Å². The summed E-state index contributed by atoms with van der Waals surface area (Å²) < 4.78 is 3.87. The van der Waals surface area contributed by atoms with Gasteiger partial charge in [-0.1, -0.05) is 83.8 Å². The summed E-state index contributed by atoms with van der Waals surface area (Å²) >= 11 is 3.86. The normalized spacial score (nSPS) is 20.4. The van der Waals surface area contributed by atoms with Crippen molar-refractivity contribution in [2.45, 2.75) is 51.0 Å². The van der Waals surface area contributed by atoms with E-state index in [2.05, 4.69) is 120 Å². The van der Waals surface area contributed by atoms with E-state index in [1.807, 2.05) is 23.1 Å². The van der Waals surface area contributed by atoms with Crippen molar-refractivity contribution in [3.05, 3.63) is 118 Å². The zero-order valence-electron chi connectivity index (χ0n) is 24.3. The minimum Gasteiger partial charge on any atom is -0.335 e. The molecule has 1 aliphatic heterocycles. The van der Waals surface area contributed by atoms with Crippen LogP contribution in [0.25, 0.3) is 37.8 Å². The Morgan fingerprint density at radius 1 is 0.833 bits per heavy atom. The van der Waals surface area contributed by atoms with Crippen LogP contribution in [-0.4, -0.2) is 6.54 Å². The molecule has 0 bridgehead atoms. The molecule has 8 rings (SSSR count). The molecule has 2 aliphatic carbocycles. The van der Waals surface area contributed by atoms with Crippen LogP contribution in [0.2, 0.25) is 0 Å². The second-order valence-electron chi connectivity index (χ2n) is 11.7. The number of nitrogens with zero attached hydrogens (tertiary/aromatic N) is 2. The van der Waals surface area contributed by atoms with Crippen molar-refractivity contribution < 1.29 is 4.57 Å². The number of benzene rings is 4. The average molecular weight is 584 g/mol. The van der Waals surface area contributed by atoms with E-state index in [1.54, 1.807) is 0 Å². The summed E-state index contributed by atoms with van der Waals surface area (Å²) in [6.45, 7) is 6.50. The SMILES string of the molecule is CCN1C(=CC2=CC3=CC(=Cc4sc5cc6ccccc6cc5[n+]4CC)CCC3CC2)Sc2cc3ccccc3cc21. The van der Waals surface area contributed by atoms with Crippen LogP contribution in [0.15, 0.2) is 118 Å². The van der Waals surface area contributed by atoms with Gasteiger partial charge in [0.25, 0.3) is 5.01 Å².